The molecule has 2 heteroatoms. The Hall–Kier alpha value is -2.35. The fraction of sp³-hybridized carbons (Fsp3) is 0. The molecule has 0 aliphatic heterocycles. The van der Waals surface area contributed by atoms with Gasteiger partial charge in [0.25, 0.3) is 0 Å². The minimum Gasteiger partial charge on any atom is -0.361 e. The topological polar surface area (TPSA) is 28.7 Å². The van der Waals surface area contributed by atoms with Gasteiger partial charge in [-0.3, -0.25) is 4.98 Å². The predicted molar refractivity (Wildman–Crippen MR) is 69.5 cm³/mol. The monoisotopic (exact) mass is 220 g/mol. The summed E-state index contributed by atoms with van der Waals surface area (Å²) in [6.45, 7) is 0. The molecule has 0 amide bonds. The van der Waals surface area contributed by atoms with Crippen LogP contribution in [0.4, 0.5) is 0 Å². The van der Waals surface area contributed by atoms with Crippen molar-refractivity contribution in [2.45, 2.75) is 0 Å². The molecule has 0 unspecified atom stereocenters. The van der Waals surface area contributed by atoms with E-state index in [9.17, 15) is 0 Å². The van der Waals surface area contributed by atoms with Gasteiger partial charge in [-0.05, 0) is 23.8 Å². The van der Waals surface area contributed by atoms with Crippen LogP contribution >= 0.6 is 0 Å². The van der Waals surface area contributed by atoms with Crippen LogP contribution in [-0.2, 0) is 0 Å². The summed E-state index contributed by atoms with van der Waals surface area (Å²) in [5, 5.41) is 0. The van der Waals surface area contributed by atoms with Gasteiger partial charge < -0.3 is 4.98 Å². The second-order valence-corrected chi connectivity index (χ2v) is 3.87. The molecule has 0 radical (unpaired) electrons. The Kier molecular flexibility index (Phi) is 2.47. The van der Waals surface area contributed by atoms with Gasteiger partial charge in [0.05, 0.1) is 5.69 Å². The zero-order valence-electron chi connectivity index (χ0n) is 9.30. The molecule has 1 aromatic carbocycles. The second kappa shape index (κ2) is 4.26. The highest BCUT2D eigenvalue weighted by Gasteiger charge is 2.07. The molecule has 0 bridgehead atoms. The molecule has 0 saturated heterocycles. The Morgan fingerprint density at radius 3 is 2.29 bits per heavy atom. The van der Waals surface area contributed by atoms with E-state index in [0.29, 0.717) is 0 Å². The second-order valence-electron chi connectivity index (χ2n) is 3.87. The van der Waals surface area contributed by atoms with E-state index < -0.39 is 0 Å². The first-order chi connectivity index (χ1) is 8.45. The van der Waals surface area contributed by atoms with Crippen LogP contribution in [0.1, 0.15) is 0 Å². The summed E-state index contributed by atoms with van der Waals surface area (Å²) in [6.07, 6.45) is 5.59. The van der Waals surface area contributed by atoms with Crippen molar-refractivity contribution in [1.29, 1.82) is 0 Å². The van der Waals surface area contributed by atoms with Crippen molar-refractivity contribution in [3.05, 3.63) is 67.1 Å². The Morgan fingerprint density at radius 1 is 0.765 bits per heavy atom. The summed E-state index contributed by atoms with van der Waals surface area (Å²) >= 11 is 0. The smallest absolute Gasteiger partial charge is 0.0534 e. The summed E-state index contributed by atoms with van der Waals surface area (Å²) in [6, 6.07) is 16.5. The van der Waals surface area contributed by atoms with Gasteiger partial charge in [0.15, 0.2) is 0 Å². The summed E-state index contributed by atoms with van der Waals surface area (Å²) < 4.78 is 0. The average Bonchev–Trinajstić information content (AvgIpc) is 2.90. The van der Waals surface area contributed by atoms with Crippen LogP contribution in [0.5, 0.6) is 0 Å². The number of rotatable bonds is 2. The third-order valence-corrected chi connectivity index (χ3v) is 2.80. The molecule has 3 rings (SSSR count). The molecule has 2 aromatic heterocycles. The molecule has 1 N–H and O–H groups in total. The van der Waals surface area contributed by atoms with Crippen molar-refractivity contribution < 1.29 is 0 Å². The average molecular weight is 220 g/mol. The Bertz CT molecular complexity index is 543. The molecular formula is C15H12N2. The third-order valence-electron chi connectivity index (χ3n) is 2.80. The lowest BCUT2D eigenvalue weighted by atomic mass is 10.0. The number of pyridine rings is 1. The van der Waals surface area contributed by atoms with Gasteiger partial charge in [0.1, 0.15) is 0 Å². The molecule has 2 heterocycles. The number of nitrogens with zero attached hydrogens (tertiary/aromatic N) is 1. The lowest BCUT2D eigenvalue weighted by Crippen LogP contribution is -1.82. The standard InChI is InChI=1S/C15H12N2/c1-2-4-12(5-3-1)14-8-11-17-15(14)13-6-9-16-10-7-13/h1-11,17H. The van der Waals surface area contributed by atoms with Gasteiger partial charge in [-0.15, -0.1) is 0 Å². The van der Waals surface area contributed by atoms with Gasteiger partial charge in [0, 0.05) is 29.7 Å². The van der Waals surface area contributed by atoms with Crippen LogP contribution in [0.2, 0.25) is 0 Å². The zero-order chi connectivity index (χ0) is 11.5. The van der Waals surface area contributed by atoms with Crippen molar-refractivity contribution >= 4 is 0 Å². The van der Waals surface area contributed by atoms with Crippen molar-refractivity contribution in [3.8, 4) is 22.4 Å². The number of benzene rings is 1. The Morgan fingerprint density at radius 2 is 1.53 bits per heavy atom. The van der Waals surface area contributed by atoms with E-state index in [4.69, 9.17) is 0 Å². The fourth-order valence-corrected chi connectivity index (χ4v) is 1.99. The van der Waals surface area contributed by atoms with Crippen molar-refractivity contribution in [1.82, 2.24) is 9.97 Å². The molecule has 0 aliphatic carbocycles. The van der Waals surface area contributed by atoms with Gasteiger partial charge in [-0.25, -0.2) is 0 Å². The van der Waals surface area contributed by atoms with Crippen molar-refractivity contribution in [2.75, 3.05) is 0 Å². The normalized spacial score (nSPS) is 10.4. The highest BCUT2D eigenvalue weighted by Crippen LogP contribution is 2.30. The molecular weight excluding hydrogens is 208 g/mol. The van der Waals surface area contributed by atoms with E-state index >= 15 is 0 Å². The van der Waals surface area contributed by atoms with E-state index in [0.717, 1.165) is 11.3 Å². The van der Waals surface area contributed by atoms with Crippen LogP contribution in [0.3, 0.4) is 0 Å². The van der Waals surface area contributed by atoms with Crippen LogP contribution in [0, 0.1) is 0 Å². The minimum atomic E-state index is 1.14. The number of aromatic amines is 1. The van der Waals surface area contributed by atoms with Crippen molar-refractivity contribution in [3.63, 3.8) is 0 Å². The van der Waals surface area contributed by atoms with Gasteiger partial charge in [-0.2, -0.15) is 0 Å². The summed E-state index contributed by atoms with van der Waals surface area (Å²) in [5.74, 6) is 0. The number of nitrogens with one attached hydrogen (secondary N) is 1. The highest BCUT2D eigenvalue weighted by atomic mass is 14.7. The van der Waals surface area contributed by atoms with Crippen LogP contribution < -0.4 is 0 Å². The van der Waals surface area contributed by atoms with Crippen molar-refractivity contribution in [2.24, 2.45) is 0 Å². The number of hydrogen-bond donors (Lipinski definition) is 1. The first-order valence-electron chi connectivity index (χ1n) is 5.58. The SMILES string of the molecule is c1ccc(-c2cc[nH]c2-c2ccncc2)cc1. The summed E-state index contributed by atoms with van der Waals surface area (Å²) in [7, 11) is 0. The van der Waals surface area contributed by atoms with Crippen LogP contribution in [0.25, 0.3) is 22.4 Å². The number of H-pyrrole nitrogens is 1. The Balaban J connectivity index is 2.13. The first-order valence-corrected chi connectivity index (χ1v) is 5.58. The number of hydrogen-bond acceptors (Lipinski definition) is 1. The van der Waals surface area contributed by atoms with E-state index in [1.54, 1.807) is 0 Å². The largest absolute Gasteiger partial charge is 0.361 e. The molecule has 0 atom stereocenters. The van der Waals surface area contributed by atoms with Gasteiger partial charge in [-0.1, -0.05) is 30.3 Å². The molecule has 82 valence electrons. The quantitative estimate of drug-likeness (QED) is 0.700. The predicted octanol–water partition coefficient (Wildman–Crippen LogP) is 3.74. The van der Waals surface area contributed by atoms with Gasteiger partial charge in [0.2, 0.25) is 0 Å². The summed E-state index contributed by atoms with van der Waals surface area (Å²) in [4.78, 5) is 7.34. The van der Waals surface area contributed by atoms with E-state index in [-0.39, 0.29) is 0 Å². The maximum Gasteiger partial charge on any atom is 0.0534 e. The van der Waals surface area contributed by atoms with Gasteiger partial charge >= 0.3 is 0 Å². The first kappa shape index (κ1) is 9.85. The van der Waals surface area contributed by atoms with E-state index in [1.165, 1.54) is 11.1 Å². The van der Waals surface area contributed by atoms with E-state index in [1.807, 2.05) is 36.8 Å². The molecule has 3 aromatic rings. The Labute approximate surface area is 100.0 Å². The third kappa shape index (κ3) is 1.85. The van der Waals surface area contributed by atoms with Crippen LogP contribution in [-0.4, -0.2) is 9.97 Å². The molecule has 0 aliphatic rings. The minimum absolute atomic E-state index is 1.14. The molecule has 2 nitrogen and oxygen atoms in total. The highest BCUT2D eigenvalue weighted by molar-refractivity contribution is 5.80. The fourth-order valence-electron chi connectivity index (χ4n) is 1.99. The summed E-state index contributed by atoms with van der Waals surface area (Å²) in [5.41, 5.74) is 4.74. The van der Waals surface area contributed by atoms with E-state index in [2.05, 4.69) is 40.3 Å². The number of aromatic nitrogens is 2. The van der Waals surface area contributed by atoms with Crippen LogP contribution in [0.15, 0.2) is 67.1 Å². The molecule has 0 saturated carbocycles. The molecule has 17 heavy (non-hydrogen) atoms. The maximum atomic E-state index is 4.04. The maximum absolute atomic E-state index is 4.04. The molecule has 0 spiro atoms. The lowest BCUT2D eigenvalue weighted by Gasteiger charge is -2.04. The zero-order valence-corrected chi connectivity index (χ0v) is 9.30. The molecule has 0 fully saturated rings. The lowest BCUT2D eigenvalue weighted by molar-refractivity contribution is 1.31.